The van der Waals surface area contributed by atoms with Crippen molar-refractivity contribution in [2.24, 2.45) is 0 Å². The smallest absolute Gasteiger partial charge is 0.237 e. The van der Waals surface area contributed by atoms with Crippen molar-refractivity contribution in [3.8, 4) is 0 Å². The third kappa shape index (κ3) is 3.55. The topological polar surface area (TPSA) is 41.1 Å². The molecule has 0 radical (unpaired) electrons. The van der Waals surface area contributed by atoms with E-state index in [-0.39, 0.29) is 23.5 Å². The van der Waals surface area contributed by atoms with E-state index >= 15 is 0 Å². The van der Waals surface area contributed by atoms with E-state index in [4.69, 9.17) is 11.6 Å². The van der Waals surface area contributed by atoms with E-state index in [2.05, 4.69) is 23.7 Å². The molecule has 1 heterocycles. The molecule has 0 saturated carbocycles. The number of carbonyl (C=O) groups is 1. The van der Waals surface area contributed by atoms with Crippen molar-refractivity contribution in [1.29, 1.82) is 0 Å². The Labute approximate surface area is 118 Å². The van der Waals surface area contributed by atoms with Gasteiger partial charge >= 0.3 is 0 Å². The van der Waals surface area contributed by atoms with Crippen molar-refractivity contribution in [3.05, 3.63) is 34.6 Å². The Morgan fingerprint density at radius 3 is 2.95 bits per heavy atom. The van der Waals surface area contributed by atoms with Crippen LogP contribution in [-0.4, -0.2) is 26.2 Å². The highest BCUT2D eigenvalue weighted by atomic mass is 35.5. The summed E-state index contributed by atoms with van der Waals surface area (Å²) < 4.78 is 13.7. The highest BCUT2D eigenvalue weighted by molar-refractivity contribution is 6.78. The Bertz CT molecular complexity index is 496. The van der Waals surface area contributed by atoms with E-state index in [1.165, 1.54) is 6.07 Å². The van der Waals surface area contributed by atoms with Gasteiger partial charge < -0.3 is 10.6 Å². The molecule has 1 aromatic rings. The van der Waals surface area contributed by atoms with Crippen LogP contribution in [0, 0.1) is 5.82 Å². The summed E-state index contributed by atoms with van der Waals surface area (Å²) in [7, 11) is -1.26. The first-order chi connectivity index (χ1) is 8.89. The lowest BCUT2D eigenvalue weighted by Crippen LogP contribution is -2.39. The second kappa shape index (κ2) is 5.61. The molecule has 1 aliphatic rings. The fourth-order valence-corrected chi connectivity index (χ4v) is 4.84. The average Bonchev–Trinajstić information content (AvgIpc) is 2.71. The van der Waals surface area contributed by atoms with Gasteiger partial charge in [-0.15, -0.1) is 0 Å². The molecule has 1 aromatic carbocycles. The Morgan fingerprint density at radius 1 is 1.58 bits per heavy atom. The molecule has 1 saturated heterocycles. The van der Waals surface area contributed by atoms with E-state index in [1.54, 1.807) is 12.1 Å². The van der Waals surface area contributed by atoms with Crippen molar-refractivity contribution in [2.45, 2.75) is 31.7 Å². The predicted octanol–water partition coefficient (Wildman–Crippen LogP) is 2.31. The molecule has 2 rings (SSSR count). The first kappa shape index (κ1) is 14.5. The molecule has 0 spiro atoms. The molecule has 0 aliphatic carbocycles. The van der Waals surface area contributed by atoms with Gasteiger partial charge in [0.1, 0.15) is 5.82 Å². The molecular formula is C13H18ClFN2OSi. The molecule has 1 amide bonds. The second-order valence-corrected chi connectivity index (χ2v) is 11.2. The SMILES string of the molecule is C[Si]1(C)CNC(C(=O)NCc2cccc(Cl)c2F)C1. The van der Waals surface area contributed by atoms with Crippen LogP contribution in [0.1, 0.15) is 5.56 Å². The minimum atomic E-state index is -1.26. The summed E-state index contributed by atoms with van der Waals surface area (Å²) in [6, 6.07) is 5.59. The number of benzene rings is 1. The predicted molar refractivity (Wildman–Crippen MR) is 77.3 cm³/mol. The number of nitrogens with one attached hydrogen (secondary N) is 2. The van der Waals surface area contributed by atoms with Crippen LogP contribution >= 0.6 is 11.6 Å². The Morgan fingerprint density at radius 2 is 2.32 bits per heavy atom. The maximum Gasteiger partial charge on any atom is 0.237 e. The summed E-state index contributed by atoms with van der Waals surface area (Å²) in [6.07, 6.45) is 0.955. The largest absolute Gasteiger partial charge is 0.351 e. The van der Waals surface area contributed by atoms with Gasteiger partial charge in [0.25, 0.3) is 0 Å². The summed E-state index contributed by atoms with van der Waals surface area (Å²) in [5, 5.41) is 6.09. The highest BCUT2D eigenvalue weighted by Gasteiger charge is 2.35. The van der Waals surface area contributed by atoms with Crippen LogP contribution in [-0.2, 0) is 11.3 Å². The second-order valence-electron chi connectivity index (χ2n) is 5.73. The van der Waals surface area contributed by atoms with Crippen molar-refractivity contribution in [3.63, 3.8) is 0 Å². The van der Waals surface area contributed by atoms with Crippen LogP contribution in [0.3, 0.4) is 0 Å². The van der Waals surface area contributed by atoms with Crippen LogP contribution in [0.25, 0.3) is 0 Å². The fourth-order valence-electron chi connectivity index (χ4n) is 2.27. The van der Waals surface area contributed by atoms with Crippen LogP contribution < -0.4 is 10.6 Å². The van der Waals surface area contributed by atoms with E-state index in [0.717, 1.165) is 12.2 Å². The van der Waals surface area contributed by atoms with Crippen molar-refractivity contribution in [2.75, 3.05) is 6.17 Å². The number of rotatable bonds is 3. The van der Waals surface area contributed by atoms with Crippen LogP contribution in [0.5, 0.6) is 0 Å². The zero-order valence-electron chi connectivity index (χ0n) is 11.1. The van der Waals surface area contributed by atoms with E-state index in [9.17, 15) is 9.18 Å². The molecule has 19 heavy (non-hydrogen) atoms. The summed E-state index contributed by atoms with van der Waals surface area (Å²) in [4.78, 5) is 12.0. The number of hydrogen-bond donors (Lipinski definition) is 2. The molecule has 104 valence electrons. The molecule has 1 unspecified atom stereocenters. The van der Waals surface area contributed by atoms with Crippen LogP contribution in [0.4, 0.5) is 4.39 Å². The minimum absolute atomic E-state index is 0.0579. The lowest BCUT2D eigenvalue weighted by Gasteiger charge is -2.14. The van der Waals surface area contributed by atoms with Gasteiger partial charge in [-0.25, -0.2) is 4.39 Å². The lowest BCUT2D eigenvalue weighted by molar-refractivity contribution is -0.122. The highest BCUT2D eigenvalue weighted by Crippen LogP contribution is 2.19. The molecular weight excluding hydrogens is 283 g/mol. The Hall–Kier alpha value is -0.913. The quantitative estimate of drug-likeness (QED) is 0.841. The van der Waals surface area contributed by atoms with Gasteiger partial charge in [-0.2, -0.15) is 0 Å². The van der Waals surface area contributed by atoms with Crippen LogP contribution in [0.15, 0.2) is 18.2 Å². The molecule has 1 atom stereocenters. The maximum absolute atomic E-state index is 13.7. The number of carbonyl (C=O) groups excluding carboxylic acids is 1. The van der Waals surface area contributed by atoms with Crippen molar-refractivity contribution < 1.29 is 9.18 Å². The van der Waals surface area contributed by atoms with E-state index < -0.39 is 13.9 Å². The number of halogens is 2. The zero-order valence-corrected chi connectivity index (χ0v) is 12.9. The molecule has 1 fully saturated rings. The van der Waals surface area contributed by atoms with Gasteiger partial charge in [-0.3, -0.25) is 4.79 Å². The lowest BCUT2D eigenvalue weighted by atomic mass is 10.2. The molecule has 6 heteroatoms. The third-order valence-corrected chi connectivity index (χ3v) is 6.35. The maximum atomic E-state index is 13.7. The Balaban J connectivity index is 1.92. The zero-order chi connectivity index (χ0) is 14.0. The number of hydrogen-bond acceptors (Lipinski definition) is 2. The molecule has 0 aromatic heterocycles. The standard InChI is InChI=1S/C13H18ClFN2OSi/c1-19(2)7-11(17-8-19)13(18)16-6-9-4-3-5-10(14)12(9)15/h3-5,11,17H,6-8H2,1-2H3,(H,16,18). The first-order valence-corrected chi connectivity index (χ1v) is 10.1. The Kier molecular flexibility index (Phi) is 4.28. The fraction of sp³-hybridized carbons (Fsp3) is 0.462. The summed E-state index contributed by atoms with van der Waals surface area (Å²) >= 11 is 5.70. The average molecular weight is 301 g/mol. The van der Waals surface area contributed by atoms with Gasteiger partial charge in [0.2, 0.25) is 5.91 Å². The van der Waals surface area contributed by atoms with Gasteiger partial charge in [0.15, 0.2) is 0 Å². The van der Waals surface area contributed by atoms with Gasteiger partial charge in [-0.05, 0) is 18.3 Å². The van der Waals surface area contributed by atoms with E-state index in [0.29, 0.717) is 5.56 Å². The van der Waals surface area contributed by atoms with E-state index in [1.807, 2.05) is 0 Å². The first-order valence-electron chi connectivity index (χ1n) is 6.33. The van der Waals surface area contributed by atoms with Gasteiger partial charge in [0, 0.05) is 12.1 Å². The minimum Gasteiger partial charge on any atom is -0.351 e. The number of amides is 1. The molecule has 2 N–H and O–H groups in total. The summed E-state index contributed by atoms with van der Waals surface area (Å²) in [6.45, 7) is 4.68. The molecule has 1 aliphatic heterocycles. The molecule has 0 bridgehead atoms. The monoisotopic (exact) mass is 300 g/mol. The van der Waals surface area contributed by atoms with Crippen LogP contribution in [0.2, 0.25) is 24.2 Å². The third-order valence-electron chi connectivity index (χ3n) is 3.38. The summed E-state index contributed by atoms with van der Waals surface area (Å²) in [5.41, 5.74) is 0.412. The molecule has 3 nitrogen and oxygen atoms in total. The van der Waals surface area contributed by atoms with Crippen molar-refractivity contribution >= 4 is 25.6 Å². The van der Waals surface area contributed by atoms with Gasteiger partial charge in [0.05, 0.1) is 19.1 Å². The van der Waals surface area contributed by atoms with Crippen molar-refractivity contribution in [1.82, 2.24) is 10.6 Å². The normalized spacial score (nSPS) is 21.4. The van der Waals surface area contributed by atoms with Gasteiger partial charge in [-0.1, -0.05) is 36.8 Å². The summed E-state index contributed by atoms with van der Waals surface area (Å²) in [5.74, 6) is -0.518.